The van der Waals surface area contributed by atoms with Crippen LogP contribution in [0.4, 0.5) is 0 Å². The second-order valence-electron chi connectivity index (χ2n) is 8.68. The Bertz CT molecular complexity index is 561. The predicted octanol–water partition coefficient (Wildman–Crippen LogP) is 6.14. The summed E-state index contributed by atoms with van der Waals surface area (Å²) in [5.74, 6) is -0.239. The van der Waals surface area contributed by atoms with E-state index >= 15 is 0 Å². The Labute approximate surface area is 184 Å². The Kier molecular flexibility index (Phi) is 15.4. The van der Waals surface area contributed by atoms with Crippen molar-refractivity contribution in [1.29, 1.82) is 0 Å². The number of hydrogen-bond donors (Lipinski definition) is 3. The SMILES string of the molecule is CCCCCCCCCCCCCCCC(O)[C@H](C)NC(=O)c1ccccc1CO. The molecule has 1 unspecified atom stereocenters. The van der Waals surface area contributed by atoms with Gasteiger partial charge in [-0.2, -0.15) is 0 Å². The minimum Gasteiger partial charge on any atom is -0.392 e. The first-order chi connectivity index (χ1) is 14.6. The zero-order valence-electron chi connectivity index (χ0n) is 19.4. The fourth-order valence-corrected chi connectivity index (χ4v) is 3.88. The molecule has 0 aliphatic rings. The van der Waals surface area contributed by atoms with E-state index in [9.17, 15) is 15.0 Å². The van der Waals surface area contributed by atoms with E-state index in [2.05, 4.69) is 12.2 Å². The second kappa shape index (κ2) is 17.3. The topological polar surface area (TPSA) is 69.6 Å². The highest BCUT2D eigenvalue weighted by Crippen LogP contribution is 2.14. The summed E-state index contributed by atoms with van der Waals surface area (Å²) >= 11 is 0. The Balaban J connectivity index is 2.04. The number of aliphatic hydroxyl groups excluding tert-OH is 2. The van der Waals surface area contributed by atoms with Gasteiger partial charge in [0.15, 0.2) is 0 Å². The summed E-state index contributed by atoms with van der Waals surface area (Å²) in [7, 11) is 0. The van der Waals surface area contributed by atoms with Gasteiger partial charge in [0.25, 0.3) is 5.91 Å². The van der Waals surface area contributed by atoms with E-state index in [1.54, 1.807) is 24.3 Å². The number of unbranched alkanes of at least 4 members (excludes halogenated alkanes) is 12. The van der Waals surface area contributed by atoms with Gasteiger partial charge in [-0.1, -0.05) is 109 Å². The van der Waals surface area contributed by atoms with Gasteiger partial charge in [-0.15, -0.1) is 0 Å². The number of nitrogens with one attached hydrogen (secondary N) is 1. The molecule has 0 aliphatic heterocycles. The largest absolute Gasteiger partial charge is 0.392 e. The zero-order valence-corrected chi connectivity index (χ0v) is 19.4. The van der Waals surface area contributed by atoms with Crippen LogP contribution in [0.3, 0.4) is 0 Å². The van der Waals surface area contributed by atoms with Gasteiger partial charge in [0.05, 0.1) is 18.8 Å². The van der Waals surface area contributed by atoms with Crippen LogP contribution < -0.4 is 5.32 Å². The number of benzene rings is 1. The summed E-state index contributed by atoms with van der Waals surface area (Å²) in [6.45, 7) is 3.94. The first kappa shape index (κ1) is 26.6. The molecule has 4 nitrogen and oxygen atoms in total. The van der Waals surface area contributed by atoms with E-state index in [4.69, 9.17) is 0 Å². The lowest BCUT2D eigenvalue weighted by molar-refractivity contribution is 0.0828. The van der Waals surface area contributed by atoms with Gasteiger partial charge in [0.1, 0.15) is 0 Å². The normalized spacial score (nSPS) is 13.2. The molecule has 4 heteroatoms. The third-order valence-electron chi connectivity index (χ3n) is 5.97. The molecular formula is C26H45NO3. The molecule has 0 aromatic heterocycles. The second-order valence-corrected chi connectivity index (χ2v) is 8.68. The molecule has 0 aliphatic carbocycles. The molecule has 30 heavy (non-hydrogen) atoms. The van der Waals surface area contributed by atoms with Gasteiger partial charge in [-0.25, -0.2) is 0 Å². The molecular weight excluding hydrogens is 374 g/mol. The molecule has 0 bridgehead atoms. The van der Waals surface area contributed by atoms with Crippen LogP contribution in [0.2, 0.25) is 0 Å². The molecule has 172 valence electrons. The van der Waals surface area contributed by atoms with Crippen molar-refractivity contribution in [2.45, 2.75) is 122 Å². The summed E-state index contributed by atoms with van der Waals surface area (Å²) in [6, 6.07) is 6.72. The van der Waals surface area contributed by atoms with Crippen LogP contribution in [0.25, 0.3) is 0 Å². The molecule has 0 radical (unpaired) electrons. The monoisotopic (exact) mass is 419 g/mol. The van der Waals surface area contributed by atoms with Crippen molar-refractivity contribution in [2.24, 2.45) is 0 Å². The van der Waals surface area contributed by atoms with Crippen molar-refractivity contribution in [3.05, 3.63) is 35.4 Å². The predicted molar refractivity (Wildman–Crippen MR) is 126 cm³/mol. The summed E-state index contributed by atoms with van der Waals surface area (Å²) < 4.78 is 0. The van der Waals surface area contributed by atoms with Crippen LogP contribution >= 0.6 is 0 Å². The van der Waals surface area contributed by atoms with E-state index in [0.717, 1.165) is 12.8 Å². The summed E-state index contributed by atoms with van der Waals surface area (Å²) in [6.07, 6.45) is 17.2. The highest BCUT2D eigenvalue weighted by atomic mass is 16.3. The molecule has 3 N–H and O–H groups in total. The first-order valence-electron chi connectivity index (χ1n) is 12.3. The Morgan fingerprint density at radius 1 is 0.867 bits per heavy atom. The maximum Gasteiger partial charge on any atom is 0.251 e. The Hall–Kier alpha value is -1.39. The van der Waals surface area contributed by atoms with E-state index < -0.39 is 6.10 Å². The van der Waals surface area contributed by atoms with Crippen molar-refractivity contribution >= 4 is 5.91 Å². The molecule has 0 heterocycles. The molecule has 0 fully saturated rings. The number of aliphatic hydroxyl groups is 2. The average molecular weight is 420 g/mol. The smallest absolute Gasteiger partial charge is 0.251 e. The van der Waals surface area contributed by atoms with Crippen LogP contribution in [0.5, 0.6) is 0 Å². The van der Waals surface area contributed by atoms with Crippen LogP contribution in [0.1, 0.15) is 120 Å². The zero-order chi connectivity index (χ0) is 22.0. The number of amides is 1. The van der Waals surface area contributed by atoms with E-state index in [0.29, 0.717) is 17.5 Å². The summed E-state index contributed by atoms with van der Waals surface area (Å²) in [4.78, 5) is 12.4. The van der Waals surface area contributed by atoms with Crippen molar-refractivity contribution in [3.8, 4) is 0 Å². The lowest BCUT2D eigenvalue weighted by atomic mass is 10.0. The minimum atomic E-state index is -0.539. The van der Waals surface area contributed by atoms with Crippen molar-refractivity contribution in [3.63, 3.8) is 0 Å². The highest BCUT2D eigenvalue weighted by Gasteiger charge is 2.18. The molecule has 0 spiro atoms. The maximum absolute atomic E-state index is 12.4. The quantitative estimate of drug-likeness (QED) is 0.250. The van der Waals surface area contributed by atoms with E-state index in [1.165, 1.54) is 70.6 Å². The highest BCUT2D eigenvalue weighted by molar-refractivity contribution is 5.95. The average Bonchev–Trinajstić information content (AvgIpc) is 2.76. The van der Waals surface area contributed by atoms with Gasteiger partial charge in [-0.3, -0.25) is 4.79 Å². The van der Waals surface area contributed by atoms with Crippen LogP contribution in [-0.4, -0.2) is 28.3 Å². The van der Waals surface area contributed by atoms with Crippen molar-refractivity contribution < 1.29 is 15.0 Å². The lowest BCUT2D eigenvalue weighted by Crippen LogP contribution is -2.41. The Morgan fingerprint density at radius 2 is 1.37 bits per heavy atom. The van der Waals surface area contributed by atoms with Gasteiger partial charge < -0.3 is 15.5 Å². The van der Waals surface area contributed by atoms with Crippen molar-refractivity contribution in [2.75, 3.05) is 0 Å². The van der Waals surface area contributed by atoms with Crippen LogP contribution in [0, 0.1) is 0 Å². The van der Waals surface area contributed by atoms with E-state index in [-0.39, 0.29) is 18.6 Å². The minimum absolute atomic E-state index is 0.167. The lowest BCUT2D eigenvalue weighted by Gasteiger charge is -2.21. The number of rotatable bonds is 18. The third kappa shape index (κ3) is 11.7. The fourth-order valence-electron chi connectivity index (χ4n) is 3.88. The molecule has 1 aromatic rings. The fraction of sp³-hybridized carbons (Fsp3) is 0.731. The summed E-state index contributed by atoms with van der Waals surface area (Å²) in [5.41, 5.74) is 1.08. The molecule has 0 saturated heterocycles. The molecule has 1 aromatic carbocycles. The molecule has 2 atom stereocenters. The van der Waals surface area contributed by atoms with Gasteiger partial charge in [0.2, 0.25) is 0 Å². The first-order valence-corrected chi connectivity index (χ1v) is 12.3. The number of hydrogen-bond acceptors (Lipinski definition) is 3. The van der Waals surface area contributed by atoms with Gasteiger partial charge >= 0.3 is 0 Å². The molecule has 0 saturated carbocycles. The van der Waals surface area contributed by atoms with Crippen LogP contribution in [0.15, 0.2) is 24.3 Å². The molecule has 1 rings (SSSR count). The third-order valence-corrected chi connectivity index (χ3v) is 5.97. The standard InChI is InChI=1S/C26H45NO3/c1-3-4-5-6-7-8-9-10-11-12-13-14-15-20-25(29)22(2)27-26(30)24-19-17-16-18-23(24)21-28/h16-19,22,25,28-29H,3-15,20-21H2,1-2H3,(H,27,30)/t22-,25?/m0/s1. The number of carbonyl (C=O) groups is 1. The van der Waals surface area contributed by atoms with E-state index in [1.807, 2.05) is 6.92 Å². The van der Waals surface area contributed by atoms with Crippen LogP contribution in [-0.2, 0) is 6.61 Å². The molecule has 1 amide bonds. The summed E-state index contributed by atoms with van der Waals surface area (Å²) in [5, 5.41) is 22.6. The van der Waals surface area contributed by atoms with Gasteiger partial charge in [0, 0.05) is 5.56 Å². The number of carbonyl (C=O) groups excluding carboxylic acids is 1. The van der Waals surface area contributed by atoms with Crippen molar-refractivity contribution in [1.82, 2.24) is 5.32 Å². The Morgan fingerprint density at radius 3 is 1.90 bits per heavy atom. The van der Waals surface area contributed by atoms with Gasteiger partial charge in [-0.05, 0) is 25.0 Å². The maximum atomic E-state index is 12.4.